The van der Waals surface area contributed by atoms with Crippen molar-refractivity contribution in [2.75, 3.05) is 0 Å². The molecule has 0 saturated carbocycles. The van der Waals surface area contributed by atoms with Crippen LogP contribution in [-0.2, 0) is 9.53 Å². The van der Waals surface area contributed by atoms with Crippen molar-refractivity contribution in [1.82, 2.24) is 5.32 Å². The Kier molecular flexibility index (Phi) is 4.25. The molecule has 0 amide bonds. The Hall–Kier alpha value is -2.09. The van der Waals surface area contributed by atoms with Crippen LogP contribution in [0.5, 0.6) is 5.75 Å². The van der Waals surface area contributed by atoms with Crippen LogP contribution in [0.25, 0.3) is 0 Å². The van der Waals surface area contributed by atoms with Crippen molar-refractivity contribution in [1.29, 1.82) is 0 Å². The fourth-order valence-electron chi connectivity index (χ4n) is 3.29. The number of halogens is 3. The Morgan fingerprint density at radius 1 is 1.29 bits per heavy atom. The van der Waals surface area contributed by atoms with Crippen LogP contribution in [0.3, 0.4) is 0 Å². The Bertz CT molecular complexity index is 631. The number of ether oxygens (including phenoxy) is 2. The van der Waals surface area contributed by atoms with Gasteiger partial charge < -0.3 is 9.47 Å². The number of nitrogens with one attached hydrogen (secondary N) is 1. The second-order valence-corrected chi connectivity index (χ2v) is 6.13. The summed E-state index contributed by atoms with van der Waals surface area (Å²) in [6.07, 6.45) is -2.99. The lowest BCUT2D eigenvalue weighted by atomic mass is 9.99. The Labute approximate surface area is 136 Å². The molecule has 2 fully saturated rings. The molecule has 5 nitrogen and oxygen atoms in total. The van der Waals surface area contributed by atoms with Gasteiger partial charge in [-0.05, 0) is 37.1 Å². The van der Waals surface area contributed by atoms with Crippen molar-refractivity contribution in [3.05, 3.63) is 29.8 Å². The summed E-state index contributed by atoms with van der Waals surface area (Å²) in [6, 6.07) is 6.39. The number of alkyl halides is 3. The highest BCUT2D eigenvalue weighted by Gasteiger charge is 2.53. The molecule has 1 aromatic carbocycles. The molecule has 3 rings (SSSR count). The van der Waals surface area contributed by atoms with Gasteiger partial charge in [-0.2, -0.15) is 13.2 Å². The maximum absolute atomic E-state index is 12.5. The lowest BCUT2D eigenvalue weighted by Crippen LogP contribution is -2.56. The highest BCUT2D eigenvalue weighted by Crippen LogP contribution is 2.39. The molecular formula is C16H16F3NO4. The average molecular weight is 343 g/mol. The average Bonchev–Trinajstić information content (AvgIpc) is 2.82. The van der Waals surface area contributed by atoms with E-state index in [2.05, 4.69) is 5.32 Å². The number of rotatable bonds is 4. The van der Waals surface area contributed by atoms with E-state index in [1.54, 1.807) is 24.3 Å². The monoisotopic (exact) mass is 343 g/mol. The van der Waals surface area contributed by atoms with Gasteiger partial charge in [-0.3, -0.25) is 10.1 Å². The van der Waals surface area contributed by atoms with Crippen molar-refractivity contribution in [3.8, 4) is 5.75 Å². The number of carbonyl (C=O) groups excluding carboxylic acids is 2. The molecule has 2 saturated heterocycles. The van der Waals surface area contributed by atoms with Crippen LogP contribution in [0.4, 0.5) is 13.2 Å². The Balaban J connectivity index is 1.68. The zero-order valence-electron chi connectivity index (χ0n) is 12.6. The molecule has 0 radical (unpaired) electrons. The van der Waals surface area contributed by atoms with Crippen molar-refractivity contribution >= 4 is 12.3 Å². The SMILES string of the molecule is O=Cc1ccc(O[C@@H]2C[C@@H]3CC[C@@](OC(=O)C(F)(F)F)(C2)N3)cc1. The molecule has 2 aliphatic heterocycles. The van der Waals surface area contributed by atoms with Gasteiger partial charge in [0.15, 0.2) is 5.72 Å². The summed E-state index contributed by atoms with van der Waals surface area (Å²) >= 11 is 0. The van der Waals surface area contributed by atoms with Crippen molar-refractivity contribution in [2.24, 2.45) is 0 Å². The third-order valence-electron chi connectivity index (χ3n) is 4.31. The number of hydrogen-bond acceptors (Lipinski definition) is 5. The molecule has 0 aliphatic carbocycles. The fourth-order valence-corrected chi connectivity index (χ4v) is 3.29. The van der Waals surface area contributed by atoms with E-state index < -0.39 is 17.9 Å². The van der Waals surface area contributed by atoms with Gasteiger partial charge in [-0.1, -0.05) is 0 Å². The molecule has 1 aromatic rings. The van der Waals surface area contributed by atoms with Gasteiger partial charge >= 0.3 is 12.1 Å². The van der Waals surface area contributed by atoms with E-state index in [9.17, 15) is 22.8 Å². The molecular weight excluding hydrogens is 327 g/mol. The molecule has 24 heavy (non-hydrogen) atoms. The number of esters is 1. The zero-order chi connectivity index (χ0) is 17.4. The smallest absolute Gasteiger partial charge is 0.490 e. The minimum Gasteiger partial charge on any atom is -0.490 e. The van der Waals surface area contributed by atoms with Crippen LogP contribution in [0.2, 0.25) is 0 Å². The molecule has 8 heteroatoms. The van der Waals surface area contributed by atoms with E-state index in [1.807, 2.05) is 0 Å². The summed E-state index contributed by atoms with van der Waals surface area (Å²) in [7, 11) is 0. The molecule has 2 bridgehead atoms. The van der Waals surface area contributed by atoms with Crippen molar-refractivity contribution < 1.29 is 32.2 Å². The number of piperidine rings is 1. The van der Waals surface area contributed by atoms with E-state index in [4.69, 9.17) is 9.47 Å². The molecule has 2 aliphatic rings. The van der Waals surface area contributed by atoms with Crippen LogP contribution in [0, 0.1) is 0 Å². The molecule has 3 atom stereocenters. The van der Waals surface area contributed by atoms with Gasteiger partial charge in [-0.25, -0.2) is 4.79 Å². The fraction of sp³-hybridized carbons (Fsp3) is 0.500. The van der Waals surface area contributed by atoms with Gasteiger partial charge in [0.1, 0.15) is 18.1 Å². The number of aldehydes is 1. The van der Waals surface area contributed by atoms with Gasteiger partial charge in [-0.15, -0.1) is 0 Å². The van der Waals surface area contributed by atoms with Crippen molar-refractivity contribution in [2.45, 2.75) is 49.7 Å². The van der Waals surface area contributed by atoms with Gasteiger partial charge in [0.2, 0.25) is 0 Å². The first-order valence-corrected chi connectivity index (χ1v) is 7.59. The number of benzene rings is 1. The van der Waals surface area contributed by atoms with E-state index >= 15 is 0 Å². The van der Waals surface area contributed by atoms with E-state index in [1.165, 1.54) is 0 Å². The maximum atomic E-state index is 12.5. The first-order chi connectivity index (χ1) is 11.3. The molecule has 0 spiro atoms. The molecule has 2 heterocycles. The third-order valence-corrected chi connectivity index (χ3v) is 4.31. The third kappa shape index (κ3) is 3.53. The number of fused-ring (bicyclic) bond motifs is 2. The van der Waals surface area contributed by atoms with Crippen LogP contribution in [0.15, 0.2) is 24.3 Å². The lowest BCUT2D eigenvalue weighted by Gasteiger charge is -2.38. The zero-order valence-corrected chi connectivity index (χ0v) is 12.6. The van der Waals surface area contributed by atoms with Gasteiger partial charge in [0.05, 0.1) is 0 Å². The minimum absolute atomic E-state index is 0.0565. The predicted octanol–water partition coefficient (Wildman–Crippen LogP) is 2.59. The van der Waals surface area contributed by atoms with E-state index in [0.717, 1.165) is 0 Å². The standard InChI is InChI=1S/C16H16F3NO4/c17-16(18,19)14(22)24-15-6-5-11(20-15)7-13(8-15)23-12-3-1-10(9-21)2-4-12/h1-4,9,11,13,20H,5-8H2/t11-,13+,15+/m0/s1. The first-order valence-electron chi connectivity index (χ1n) is 7.59. The summed E-state index contributed by atoms with van der Waals surface area (Å²) < 4.78 is 48.0. The topological polar surface area (TPSA) is 64.6 Å². The Morgan fingerprint density at radius 3 is 2.62 bits per heavy atom. The van der Waals surface area contributed by atoms with E-state index in [0.29, 0.717) is 36.9 Å². The van der Waals surface area contributed by atoms with Gasteiger partial charge in [0, 0.05) is 24.4 Å². The molecule has 0 unspecified atom stereocenters. The summed E-state index contributed by atoms with van der Waals surface area (Å²) in [5, 5.41) is 2.97. The number of hydrogen-bond donors (Lipinski definition) is 1. The summed E-state index contributed by atoms with van der Waals surface area (Å²) in [4.78, 5) is 21.8. The quantitative estimate of drug-likeness (QED) is 0.672. The maximum Gasteiger partial charge on any atom is 0.490 e. The highest BCUT2D eigenvalue weighted by atomic mass is 19.4. The molecule has 0 aromatic heterocycles. The first kappa shape index (κ1) is 16.8. The molecule has 1 N–H and O–H groups in total. The van der Waals surface area contributed by atoms with Gasteiger partial charge in [0.25, 0.3) is 0 Å². The summed E-state index contributed by atoms with van der Waals surface area (Å²) in [6.45, 7) is 0. The summed E-state index contributed by atoms with van der Waals surface area (Å²) in [5.74, 6) is -1.67. The predicted molar refractivity (Wildman–Crippen MR) is 76.5 cm³/mol. The van der Waals surface area contributed by atoms with Crippen LogP contribution in [-0.4, -0.2) is 36.3 Å². The highest BCUT2D eigenvalue weighted by molar-refractivity contribution is 5.76. The largest absolute Gasteiger partial charge is 0.490 e. The summed E-state index contributed by atoms with van der Waals surface area (Å²) in [5.41, 5.74) is -0.827. The van der Waals surface area contributed by atoms with E-state index in [-0.39, 0.29) is 18.6 Å². The second-order valence-electron chi connectivity index (χ2n) is 6.13. The van der Waals surface area contributed by atoms with Crippen molar-refractivity contribution in [3.63, 3.8) is 0 Å². The van der Waals surface area contributed by atoms with Crippen LogP contribution >= 0.6 is 0 Å². The second kappa shape index (κ2) is 6.08. The van der Waals surface area contributed by atoms with Crippen LogP contribution in [0.1, 0.15) is 36.0 Å². The number of carbonyl (C=O) groups is 2. The molecule has 130 valence electrons. The minimum atomic E-state index is -5.02. The lowest BCUT2D eigenvalue weighted by molar-refractivity contribution is -0.219. The Morgan fingerprint density at radius 2 is 2.00 bits per heavy atom. The normalized spacial score (nSPS) is 29.1. The van der Waals surface area contributed by atoms with Crippen LogP contribution < -0.4 is 10.1 Å².